The third kappa shape index (κ3) is 3.75. The topological polar surface area (TPSA) is 111 Å². The maximum atomic E-state index is 13.7. The van der Waals surface area contributed by atoms with Crippen LogP contribution in [0.1, 0.15) is 29.9 Å². The Kier molecular flexibility index (Phi) is 5.44. The summed E-state index contributed by atoms with van der Waals surface area (Å²) in [7, 11) is 0. The number of rotatable bonds is 5. The normalized spacial score (nSPS) is 12.4. The predicted molar refractivity (Wildman–Crippen MR) is 123 cm³/mol. The van der Waals surface area contributed by atoms with Crippen molar-refractivity contribution in [1.82, 2.24) is 19.5 Å². The first-order chi connectivity index (χ1) is 15.0. The van der Waals surface area contributed by atoms with Crippen LogP contribution >= 0.6 is 0 Å². The highest BCUT2D eigenvalue weighted by atomic mass is 16.1. The zero-order valence-electron chi connectivity index (χ0n) is 17.6. The van der Waals surface area contributed by atoms with E-state index in [9.17, 15) is 4.79 Å². The van der Waals surface area contributed by atoms with Crippen molar-refractivity contribution in [2.45, 2.75) is 26.8 Å². The van der Waals surface area contributed by atoms with Crippen molar-refractivity contribution in [3.05, 3.63) is 82.3 Å². The lowest BCUT2D eigenvalue weighted by molar-refractivity contribution is 0.728. The molecule has 0 aliphatic rings. The fraction of sp³-hybridized carbons (Fsp3) is 0.174. The number of nitrogens with zero attached hydrogens (tertiary/aromatic N) is 5. The van der Waals surface area contributed by atoms with Crippen LogP contribution in [0.3, 0.4) is 0 Å². The van der Waals surface area contributed by atoms with Gasteiger partial charge in [0.25, 0.3) is 5.56 Å². The molecule has 4 aromatic rings. The minimum Gasteiger partial charge on any atom is -0.390 e. The zero-order valence-corrected chi connectivity index (χ0v) is 17.6. The molecule has 0 radical (unpaired) electrons. The molecule has 2 aromatic carbocycles. The van der Waals surface area contributed by atoms with Crippen LogP contribution in [-0.4, -0.2) is 25.9 Å². The number of hydrogen-bond acceptors (Lipinski definition) is 6. The van der Waals surface area contributed by atoms with E-state index in [0.717, 1.165) is 16.8 Å². The Hall–Kier alpha value is -4.07. The van der Waals surface area contributed by atoms with E-state index >= 15 is 0 Å². The Labute approximate surface area is 179 Å². The summed E-state index contributed by atoms with van der Waals surface area (Å²) in [6, 6.07) is 13.1. The summed E-state index contributed by atoms with van der Waals surface area (Å²) in [6.07, 6.45) is 4.18. The van der Waals surface area contributed by atoms with Crippen LogP contribution in [-0.2, 0) is 0 Å². The summed E-state index contributed by atoms with van der Waals surface area (Å²) in [6.45, 7) is 5.83. The minimum absolute atomic E-state index is 0.107. The van der Waals surface area contributed by atoms with Gasteiger partial charge in [0, 0.05) is 0 Å². The maximum absolute atomic E-state index is 13.7. The first-order valence-electron chi connectivity index (χ1n) is 9.90. The van der Waals surface area contributed by atoms with Crippen LogP contribution in [0, 0.1) is 13.8 Å². The summed E-state index contributed by atoms with van der Waals surface area (Å²) in [5.74, 6) is 1.07. The zero-order chi connectivity index (χ0) is 22.0. The fourth-order valence-corrected chi connectivity index (χ4v) is 3.63. The Morgan fingerprint density at radius 1 is 1.13 bits per heavy atom. The molecule has 31 heavy (non-hydrogen) atoms. The predicted octanol–water partition coefficient (Wildman–Crippen LogP) is 3.58. The molecule has 0 spiro atoms. The molecule has 1 unspecified atom stereocenters. The van der Waals surface area contributed by atoms with Crippen molar-refractivity contribution in [2.24, 2.45) is 10.7 Å². The van der Waals surface area contributed by atoms with Gasteiger partial charge in [-0.3, -0.25) is 9.36 Å². The molecule has 1 atom stereocenters. The van der Waals surface area contributed by atoms with Crippen LogP contribution in [0.4, 0.5) is 11.5 Å². The number of para-hydroxylation sites is 1. The summed E-state index contributed by atoms with van der Waals surface area (Å²) >= 11 is 0. The van der Waals surface area contributed by atoms with Gasteiger partial charge < -0.3 is 11.1 Å². The highest BCUT2D eigenvalue weighted by Crippen LogP contribution is 2.27. The average Bonchev–Trinajstić information content (AvgIpc) is 2.76. The lowest BCUT2D eigenvalue weighted by Crippen LogP contribution is -2.28. The number of aliphatic imine (C=N–C) groups is 1. The molecule has 0 aliphatic carbocycles. The van der Waals surface area contributed by atoms with Gasteiger partial charge in [0.05, 0.1) is 35.2 Å². The largest absolute Gasteiger partial charge is 0.390 e. The number of anilines is 1. The first-order valence-corrected chi connectivity index (χ1v) is 9.90. The third-order valence-electron chi connectivity index (χ3n) is 5.14. The highest BCUT2D eigenvalue weighted by Gasteiger charge is 2.20. The van der Waals surface area contributed by atoms with E-state index in [0.29, 0.717) is 28.2 Å². The lowest BCUT2D eigenvalue weighted by atomic mass is 10.1. The van der Waals surface area contributed by atoms with Crippen LogP contribution in [0.15, 0.2) is 64.8 Å². The van der Waals surface area contributed by atoms with E-state index < -0.39 is 0 Å². The van der Waals surface area contributed by atoms with E-state index in [1.54, 1.807) is 10.8 Å². The smallest absolute Gasteiger partial charge is 0.266 e. The standard InChI is InChI=1S/C23H23N7O/c1-14-7-4-5-10-19(14)30-22(29-17-9-6-8-15(2)20(17)23(30)31)16(3)28-21-18(26-12-24)11-25-13-27-21/h4-13,16H,1-3H3,(H2,24,26)(H,25,27,28). The van der Waals surface area contributed by atoms with E-state index in [4.69, 9.17) is 10.7 Å². The molecule has 8 nitrogen and oxygen atoms in total. The summed E-state index contributed by atoms with van der Waals surface area (Å²) in [5.41, 5.74) is 9.15. The van der Waals surface area contributed by atoms with Crippen LogP contribution in [0.2, 0.25) is 0 Å². The maximum Gasteiger partial charge on any atom is 0.266 e. The van der Waals surface area contributed by atoms with Crippen LogP contribution in [0.25, 0.3) is 16.6 Å². The van der Waals surface area contributed by atoms with E-state index in [1.807, 2.05) is 63.2 Å². The minimum atomic E-state index is -0.362. The van der Waals surface area contributed by atoms with Crippen molar-refractivity contribution in [3.8, 4) is 5.69 Å². The second-order valence-electron chi connectivity index (χ2n) is 7.27. The first kappa shape index (κ1) is 20.2. The van der Waals surface area contributed by atoms with Gasteiger partial charge in [-0.25, -0.2) is 19.9 Å². The van der Waals surface area contributed by atoms with E-state index in [2.05, 4.69) is 20.3 Å². The summed E-state index contributed by atoms with van der Waals surface area (Å²) in [5, 5.41) is 3.91. The number of aryl methyl sites for hydroxylation is 2. The van der Waals surface area contributed by atoms with Gasteiger partial charge in [-0.15, -0.1) is 0 Å². The number of aromatic nitrogens is 4. The molecule has 4 rings (SSSR count). The van der Waals surface area contributed by atoms with Gasteiger partial charge in [-0.2, -0.15) is 0 Å². The monoisotopic (exact) mass is 413 g/mol. The van der Waals surface area contributed by atoms with Crippen molar-refractivity contribution < 1.29 is 0 Å². The summed E-state index contributed by atoms with van der Waals surface area (Å²) in [4.78, 5) is 30.9. The Bertz CT molecular complexity index is 1340. The molecule has 8 heteroatoms. The average molecular weight is 413 g/mol. The molecular formula is C23H23N7O. The summed E-state index contributed by atoms with van der Waals surface area (Å²) < 4.78 is 1.68. The molecule has 0 bridgehead atoms. The van der Waals surface area contributed by atoms with Crippen molar-refractivity contribution >= 4 is 28.7 Å². The molecule has 156 valence electrons. The molecular weight excluding hydrogens is 390 g/mol. The number of benzene rings is 2. The molecule has 0 amide bonds. The van der Waals surface area contributed by atoms with Crippen LogP contribution in [0.5, 0.6) is 0 Å². The van der Waals surface area contributed by atoms with Gasteiger partial charge in [0.2, 0.25) is 0 Å². The highest BCUT2D eigenvalue weighted by molar-refractivity contribution is 5.81. The molecule has 0 saturated heterocycles. The Morgan fingerprint density at radius 2 is 1.90 bits per heavy atom. The Morgan fingerprint density at radius 3 is 2.68 bits per heavy atom. The van der Waals surface area contributed by atoms with Crippen molar-refractivity contribution in [2.75, 3.05) is 5.32 Å². The SMILES string of the molecule is Cc1ccccc1-n1c(C(C)Nc2ncncc2N=CN)nc2cccc(C)c2c1=O. The molecule has 3 N–H and O–H groups in total. The van der Waals surface area contributed by atoms with Gasteiger partial charge in [0.1, 0.15) is 17.8 Å². The second-order valence-corrected chi connectivity index (χ2v) is 7.27. The van der Waals surface area contributed by atoms with Crippen molar-refractivity contribution in [1.29, 1.82) is 0 Å². The molecule has 2 aromatic heterocycles. The number of nitrogens with one attached hydrogen (secondary N) is 1. The van der Waals surface area contributed by atoms with Gasteiger partial charge in [0.15, 0.2) is 5.82 Å². The van der Waals surface area contributed by atoms with Gasteiger partial charge >= 0.3 is 0 Å². The second kappa shape index (κ2) is 8.35. The van der Waals surface area contributed by atoms with E-state index in [1.165, 1.54) is 12.7 Å². The van der Waals surface area contributed by atoms with Crippen molar-refractivity contribution in [3.63, 3.8) is 0 Å². The fourth-order valence-electron chi connectivity index (χ4n) is 3.63. The number of nitrogens with two attached hydrogens (primary N) is 1. The molecule has 0 saturated carbocycles. The number of fused-ring (bicyclic) bond motifs is 1. The van der Waals surface area contributed by atoms with Gasteiger partial charge in [-0.1, -0.05) is 30.3 Å². The van der Waals surface area contributed by atoms with E-state index in [-0.39, 0.29) is 11.6 Å². The molecule has 0 fully saturated rings. The molecule has 2 heterocycles. The Balaban J connectivity index is 1.94. The molecule has 0 aliphatic heterocycles. The quantitative estimate of drug-likeness (QED) is 0.382. The van der Waals surface area contributed by atoms with Gasteiger partial charge in [-0.05, 0) is 44.0 Å². The van der Waals surface area contributed by atoms with Crippen LogP contribution < -0.4 is 16.6 Å². The number of hydrogen-bond donors (Lipinski definition) is 2. The lowest BCUT2D eigenvalue weighted by Gasteiger charge is -2.21. The third-order valence-corrected chi connectivity index (χ3v) is 5.14.